The van der Waals surface area contributed by atoms with E-state index >= 15 is 0 Å². The number of hydrogen-bond donors (Lipinski definition) is 0. The Morgan fingerprint density at radius 3 is 3.00 bits per heavy atom. The van der Waals surface area contributed by atoms with Gasteiger partial charge in [0.05, 0.1) is 0 Å². The molecule has 2 nitrogen and oxygen atoms in total. The summed E-state index contributed by atoms with van der Waals surface area (Å²) in [5.41, 5.74) is 0.907. The summed E-state index contributed by atoms with van der Waals surface area (Å²) in [6.45, 7) is 3.82. The molecule has 0 aromatic heterocycles. The number of allylic oxidation sites excluding steroid dienone is 1. The molecule has 0 atom stereocenters. The van der Waals surface area contributed by atoms with Crippen molar-refractivity contribution in [2.24, 2.45) is 0 Å². The Kier molecular flexibility index (Phi) is 1.93. The van der Waals surface area contributed by atoms with Crippen molar-refractivity contribution in [3.05, 3.63) is 36.4 Å². The van der Waals surface area contributed by atoms with Crippen molar-refractivity contribution in [2.75, 3.05) is 6.79 Å². The first-order valence-electron chi connectivity index (χ1n) is 3.92. The van der Waals surface area contributed by atoms with Crippen LogP contribution in [0.2, 0.25) is 0 Å². The van der Waals surface area contributed by atoms with Crippen molar-refractivity contribution in [3.63, 3.8) is 0 Å². The molecular weight excluding hydrogens is 164 g/mol. The standard InChI is InChI=1S/C11H8O2/c1-2-3-4-9-5-6-10-11(7-9)13-8-12-10/h2,5-7H,1,8H2. The smallest absolute Gasteiger partial charge is 0.231 e. The first kappa shape index (κ1) is 7.75. The molecule has 0 fully saturated rings. The Labute approximate surface area is 76.8 Å². The highest BCUT2D eigenvalue weighted by Gasteiger charge is 2.11. The van der Waals surface area contributed by atoms with Gasteiger partial charge < -0.3 is 9.47 Å². The van der Waals surface area contributed by atoms with E-state index in [1.165, 1.54) is 0 Å². The molecule has 0 amide bonds. The fourth-order valence-corrected chi connectivity index (χ4v) is 1.11. The average molecular weight is 172 g/mol. The van der Waals surface area contributed by atoms with Gasteiger partial charge in [0.25, 0.3) is 0 Å². The van der Waals surface area contributed by atoms with Gasteiger partial charge in [0.1, 0.15) is 0 Å². The molecule has 1 aliphatic heterocycles. The highest BCUT2D eigenvalue weighted by Crippen LogP contribution is 2.32. The van der Waals surface area contributed by atoms with Crippen LogP contribution in [0.3, 0.4) is 0 Å². The fraction of sp³-hybridized carbons (Fsp3) is 0.0909. The van der Waals surface area contributed by atoms with E-state index in [0.717, 1.165) is 17.1 Å². The first-order chi connectivity index (χ1) is 6.40. The predicted molar refractivity (Wildman–Crippen MR) is 49.6 cm³/mol. The van der Waals surface area contributed by atoms with E-state index < -0.39 is 0 Å². The van der Waals surface area contributed by atoms with Gasteiger partial charge >= 0.3 is 0 Å². The summed E-state index contributed by atoms with van der Waals surface area (Å²) in [7, 11) is 0. The van der Waals surface area contributed by atoms with Crippen molar-refractivity contribution in [3.8, 4) is 23.3 Å². The second-order valence-corrected chi connectivity index (χ2v) is 2.54. The molecule has 0 N–H and O–H groups in total. The molecule has 1 aliphatic rings. The van der Waals surface area contributed by atoms with Crippen molar-refractivity contribution in [1.29, 1.82) is 0 Å². The van der Waals surface area contributed by atoms with Crippen LogP contribution in [-0.4, -0.2) is 6.79 Å². The van der Waals surface area contributed by atoms with Gasteiger partial charge in [-0.2, -0.15) is 0 Å². The van der Waals surface area contributed by atoms with E-state index in [2.05, 4.69) is 18.4 Å². The Morgan fingerprint density at radius 1 is 1.31 bits per heavy atom. The molecule has 13 heavy (non-hydrogen) atoms. The number of benzene rings is 1. The van der Waals surface area contributed by atoms with Gasteiger partial charge in [-0.3, -0.25) is 0 Å². The van der Waals surface area contributed by atoms with Crippen LogP contribution in [0.25, 0.3) is 0 Å². The lowest BCUT2D eigenvalue weighted by Crippen LogP contribution is -1.92. The zero-order valence-electron chi connectivity index (χ0n) is 7.04. The van der Waals surface area contributed by atoms with E-state index in [4.69, 9.17) is 9.47 Å². The molecule has 1 aromatic carbocycles. The van der Waals surface area contributed by atoms with Crippen LogP contribution < -0.4 is 9.47 Å². The van der Waals surface area contributed by atoms with Crippen molar-refractivity contribution in [2.45, 2.75) is 0 Å². The summed E-state index contributed by atoms with van der Waals surface area (Å²) in [5, 5.41) is 0. The highest BCUT2D eigenvalue weighted by atomic mass is 16.7. The van der Waals surface area contributed by atoms with Crippen LogP contribution in [0.1, 0.15) is 5.56 Å². The normalized spacial score (nSPS) is 11.7. The van der Waals surface area contributed by atoms with Gasteiger partial charge in [-0.1, -0.05) is 18.4 Å². The SMILES string of the molecule is C=CC#Cc1ccc2c(c1)OCO2. The fourth-order valence-electron chi connectivity index (χ4n) is 1.11. The van der Waals surface area contributed by atoms with E-state index in [1.807, 2.05) is 18.2 Å². The molecule has 0 unspecified atom stereocenters. The summed E-state index contributed by atoms with van der Waals surface area (Å²) >= 11 is 0. The predicted octanol–water partition coefficient (Wildman–Crippen LogP) is 1.95. The van der Waals surface area contributed by atoms with Crippen molar-refractivity contribution < 1.29 is 9.47 Å². The van der Waals surface area contributed by atoms with E-state index in [0.29, 0.717) is 6.79 Å². The Morgan fingerprint density at radius 2 is 2.15 bits per heavy atom. The van der Waals surface area contributed by atoms with Crippen LogP contribution in [0.15, 0.2) is 30.9 Å². The molecule has 1 aromatic rings. The average Bonchev–Trinajstić information content (AvgIpc) is 2.61. The minimum atomic E-state index is 0.299. The Bertz CT molecular complexity index is 396. The second-order valence-electron chi connectivity index (χ2n) is 2.54. The second kappa shape index (κ2) is 3.24. The summed E-state index contributed by atoms with van der Waals surface area (Å²) in [6.07, 6.45) is 1.56. The number of ether oxygens (including phenoxy) is 2. The molecule has 0 aliphatic carbocycles. The zero-order chi connectivity index (χ0) is 9.10. The maximum absolute atomic E-state index is 5.20. The van der Waals surface area contributed by atoms with Crippen LogP contribution in [-0.2, 0) is 0 Å². The Hall–Kier alpha value is -1.88. The van der Waals surface area contributed by atoms with Gasteiger partial charge in [0.2, 0.25) is 6.79 Å². The third-order valence-electron chi connectivity index (χ3n) is 1.69. The Balaban J connectivity index is 2.36. The molecule has 0 radical (unpaired) electrons. The molecule has 0 saturated heterocycles. The molecule has 0 spiro atoms. The van der Waals surface area contributed by atoms with E-state index in [1.54, 1.807) is 6.08 Å². The van der Waals surface area contributed by atoms with Gasteiger partial charge in [-0.05, 0) is 24.3 Å². The molecule has 64 valence electrons. The topological polar surface area (TPSA) is 18.5 Å². The number of rotatable bonds is 0. The molecular formula is C11H8O2. The summed E-state index contributed by atoms with van der Waals surface area (Å²) < 4.78 is 10.4. The molecule has 1 heterocycles. The van der Waals surface area contributed by atoms with Crippen molar-refractivity contribution >= 4 is 0 Å². The third-order valence-corrected chi connectivity index (χ3v) is 1.69. The minimum absolute atomic E-state index is 0.299. The number of hydrogen-bond acceptors (Lipinski definition) is 2. The van der Waals surface area contributed by atoms with Crippen LogP contribution in [0.5, 0.6) is 11.5 Å². The summed E-state index contributed by atoms with van der Waals surface area (Å²) in [5.74, 6) is 7.24. The zero-order valence-corrected chi connectivity index (χ0v) is 7.04. The van der Waals surface area contributed by atoms with Crippen molar-refractivity contribution in [1.82, 2.24) is 0 Å². The van der Waals surface area contributed by atoms with E-state index in [-0.39, 0.29) is 0 Å². The monoisotopic (exact) mass is 172 g/mol. The molecule has 0 saturated carbocycles. The highest BCUT2D eigenvalue weighted by molar-refractivity contribution is 5.49. The molecule has 2 heteroatoms. The molecule has 2 rings (SSSR count). The largest absolute Gasteiger partial charge is 0.454 e. The maximum atomic E-state index is 5.20. The third kappa shape index (κ3) is 1.50. The number of fused-ring (bicyclic) bond motifs is 1. The van der Waals surface area contributed by atoms with Crippen LogP contribution in [0, 0.1) is 11.8 Å². The lowest BCUT2D eigenvalue weighted by atomic mass is 10.2. The quantitative estimate of drug-likeness (QED) is 0.557. The van der Waals surface area contributed by atoms with Crippen LogP contribution >= 0.6 is 0 Å². The van der Waals surface area contributed by atoms with Crippen LogP contribution in [0.4, 0.5) is 0 Å². The van der Waals surface area contributed by atoms with Gasteiger partial charge in [-0.25, -0.2) is 0 Å². The maximum Gasteiger partial charge on any atom is 0.231 e. The lowest BCUT2D eigenvalue weighted by molar-refractivity contribution is 0.174. The molecule has 0 bridgehead atoms. The van der Waals surface area contributed by atoms with Gasteiger partial charge in [-0.15, -0.1) is 0 Å². The van der Waals surface area contributed by atoms with Gasteiger partial charge in [0, 0.05) is 5.56 Å². The van der Waals surface area contributed by atoms with E-state index in [9.17, 15) is 0 Å². The van der Waals surface area contributed by atoms with Gasteiger partial charge in [0.15, 0.2) is 11.5 Å². The summed E-state index contributed by atoms with van der Waals surface area (Å²) in [6, 6.07) is 5.61. The summed E-state index contributed by atoms with van der Waals surface area (Å²) in [4.78, 5) is 0. The first-order valence-corrected chi connectivity index (χ1v) is 3.92. The minimum Gasteiger partial charge on any atom is -0.454 e. The lowest BCUT2D eigenvalue weighted by Gasteiger charge is -1.94.